The highest BCUT2D eigenvalue weighted by atomic mass is 16.7. The molecule has 0 aromatic heterocycles. The average Bonchev–Trinajstić information content (AvgIpc) is 3.26. The van der Waals surface area contributed by atoms with Crippen LogP contribution in [0.1, 0.15) is 30.1 Å². The second kappa shape index (κ2) is 12.6. The molecule has 2 heterocycles. The highest BCUT2D eigenvalue weighted by Gasteiger charge is 2.49. The molecule has 212 valence electrons. The SMILES string of the molecule is COC(=O)CCC(=O)OC[C@@H]1O[C@@H](OC)[C@@H](O[C@@H]2c3ccc(O)cc3O[C@H]2Cc2ccc(O)cc2)[C@H](O)[C@@H]1O. The van der Waals surface area contributed by atoms with Gasteiger partial charge in [-0.05, 0) is 29.8 Å². The van der Waals surface area contributed by atoms with Crippen molar-refractivity contribution in [2.45, 2.75) is 62.2 Å². The number of aliphatic hydroxyl groups excluding tert-OH is 2. The van der Waals surface area contributed by atoms with Gasteiger partial charge in [-0.15, -0.1) is 0 Å². The smallest absolute Gasteiger partial charge is 0.306 e. The van der Waals surface area contributed by atoms with Crippen LogP contribution in [0.4, 0.5) is 0 Å². The molecule has 12 nitrogen and oxygen atoms in total. The van der Waals surface area contributed by atoms with E-state index in [2.05, 4.69) is 4.74 Å². The number of aromatic hydroxyl groups is 2. The molecule has 7 atom stereocenters. The van der Waals surface area contributed by atoms with Crippen molar-refractivity contribution in [2.24, 2.45) is 0 Å². The van der Waals surface area contributed by atoms with Gasteiger partial charge < -0.3 is 48.8 Å². The maximum atomic E-state index is 12.0. The molecule has 0 bridgehead atoms. The standard InChI is InChI=1S/C27H32O12/c1-34-21(30)9-10-22(31)36-13-20-23(32)24(33)26(27(35-2)38-20)39-25-17-8-7-16(29)12-18(17)37-19(25)11-14-3-5-15(28)6-4-14/h3-8,12,19-20,23-29,32-33H,9-11,13H2,1-2H3/t19-,20-,23+,24+,25+,26-,27+/m0/s1. The van der Waals surface area contributed by atoms with E-state index in [9.17, 15) is 30.0 Å². The number of ether oxygens (including phenoxy) is 6. The van der Waals surface area contributed by atoms with Crippen LogP contribution in [0.5, 0.6) is 17.2 Å². The number of hydrogen-bond acceptors (Lipinski definition) is 12. The molecule has 2 aromatic carbocycles. The lowest BCUT2D eigenvalue weighted by molar-refractivity contribution is -0.313. The first kappa shape index (κ1) is 28.6. The van der Waals surface area contributed by atoms with E-state index in [1.54, 1.807) is 30.3 Å². The highest BCUT2D eigenvalue weighted by Crippen LogP contribution is 2.44. The molecular formula is C27H32O12. The first-order valence-corrected chi connectivity index (χ1v) is 12.4. The third-order valence-electron chi connectivity index (χ3n) is 6.64. The fourth-order valence-electron chi connectivity index (χ4n) is 4.56. The minimum absolute atomic E-state index is 0.00739. The molecule has 12 heteroatoms. The van der Waals surface area contributed by atoms with E-state index >= 15 is 0 Å². The zero-order valence-electron chi connectivity index (χ0n) is 21.5. The van der Waals surface area contributed by atoms with Gasteiger partial charge in [-0.25, -0.2) is 0 Å². The first-order valence-electron chi connectivity index (χ1n) is 12.4. The van der Waals surface area contributed by atoms with E-state index in [0.29, 0.717) is 17.7 Å². The topological polar surface area (TPSA) is 170 Å². The second-order valence-corrected chi connectivity index (χ2v) is 9.29. The van der Waals surface area contributed by atoms with Crippen LogP contribution >= 0.6 is 0 Å². The van der Waals surface area contributed by atoms with Crippen LogP contribution in [0, 0.1) is 0 Å². The fourth-order valence-corrected chi connectivity index (χ4v) is 4.56. The van der Waals surface area contributed by atoms with Crippen LogP contribution in [0.25, 0.3) is 0 Å². The Labute approximate surface area is 224 Å². The second-order valence-electron chi connectivity index (χ2n) is 9.29. The van der Waals surface area contributed by atoms with Crippen molar-refractivity contribution >= 4 is 11.9 Å². The molecule has 0 spiro atoms. The fraction of sp³-hybridized carbons (Fsp3) is 0.481. The van der Waals surface area contributed by atoms with Crippen molar-refractivity contribution in [1.29, 1.82) is 0 Å². The minimum atomic E-state index is -1.49. The number of aliphatic hydroxyl groups is 2. The Morgan fingerprint density at radius 2 is 1.59 bits per heavy atom. The summed E-state index contributed by atoms with van der Waals surface area (Å²) in [5.41, 5.74) is 1.47. The van der Waals surface area contributed by atoms with Gasteiger partial charge in [0.2, 0.25) is 0 Å². The molecule has 2 aliphatic heterocycles. The number of carbonyl (C=O) groups excluding carboxylic acids is 2. The number of carbonyl (C=O) groups is 2. The summed E-state index contributed by atoms with van der Waals surface area (Å²) in [6.45, 7) is -0.386. The van der Waals surface area contributed by atoms with E-state index in [1.807, 2.05) is 0 Å². The molecule has 0 saturated carbocycles. The van der Waals surface area contributed by atoms with Gasteiger partial charge in [0.25, 0.3) is 0 Å². The first-order chi connectivity index (χ1) is 18.7. The Balaban J connectivity index is 1.46. The summed E-state index contributed by atoms with van der Waals surface area (Å²) in [5, 5.41) is 41.3. The van der Waals surface area contributed by atoms with Crippen LogP contribution < -0.4 is 4.74 Å². The van der Waals surface area contributed by atoms with Crippen molar-refractivity contribution in [3.8, 4) is 17.2 Å². The van der Waals surface area contributed by atoms with Gasteiger partial charge in [-0.1, -0.05) is 12.1 Å². The van der Waals surface area contributed by atoms with Gasteiger partial charge in [0, 0.05) is 25.2 Å². The molecule has 0 radical (unpaired) electrons. The van der Waals surface area contributed by atoms with Gasteiger partial charge in [-0.2, -0.15) is 0 Å². The molecule has 2 aliphatic rings. The van der Waals surface area contributed by atoms with Crippen LogP contribution in [-0.4, -0.2) is 90.0 Å². The Kier molecular flexibility index (Phi) is 9.25. The van der Waals surface area contributed by atoms with Crippen LogP contribution in [0.15, 0.2) is 42.5 Å². The lowest BCUT2D eigenvalue weighted by Gasteiger charge is -2.42. The van der Waals surface area contributed by atoms with E-state index in [1.165, 1.54) is 26.4 Å². The number of hydrogen-bond donors (Lipinski definition) is 4. The Hall–Kier alpha value is -3.42. The van der Waals surface area contributed by atoms with E-state index in [-0.39, 0.29) is 30.9 Å². The van der Waals surface area contributed by atoms with E-state index < -0.39 is 54.9 Å². The summed E-state index contributed by atoms with van der Waals surface area (Å²) < 4.78 is 33.1. The third kappa shape index (κ3) is 6.78. The molecule has 2 aromatic rings. The van der Waals surface area contributed by atoms with Crippen molar-refractivity contribution < 1.29 is 58.4 Å². The number of phenols is 2. The van der Waals surface area contributed by atoms with Crippen LogP contribution in [0.3, 0.4) is 0 Å². The summed E-state index contributed by atoms with van der Waals surface area (Å²) in [4.78, 5) is 23.2. The summed E-state index contributed by atoms with van der Waals surface area (Å²) in [6.07, 6.45) is -7.73. The number of benzene rings is 2. The summed E-state index contributed by atoms with van der Waals surface area (Å²) in [7, 11) is 2.55. The number of phenolic OH excluding ortho intramolecular Hbond substituents is 2. The Bertz CT molecular complexity index is 1130. The Morgan fingerprint density at radius 1 is 0.897 bits per heavy atom. The van der Waals surface area contributed by atoms with Crippen molar-refractivity contribution in [3.63, 3.8) is 0 Å². The molecule has 4 N–H and O–H groups in total. The Morgan fingerprint density at radius 3 is 2.28 bits per heavy atom. The van der Waals surface area contributed by atoms with Crippen LogP contribution in [-0.2, 0) is 39.7 Å². The summed E-state index contributed by atoms with van der Waals surface area (Å²) >= 11 is 0. The maximum Gasteiger partial charge on any atom is 0.306 e. The number of rotatable bonds is 10. The monoisotopic (exact) mass is 548 g/mol. The maximum absolute atomic E-state index is 12.0. The van der Waals surface area contributed by atoms with Gasteiger partial charge in [-0.3, -0.25) is 9.59 Å². The van der Waals surface area contributed by atoms with Crippen molar-refractivity contribution in [3.05, 3.63) is 53.6 Å². The van der Waals surface area contributed by atoms with Crippen molar-refractivity contribution in [1.82, 2.24) is 0 Å². The molecular weight excluding hydrogens is 516 g/mol. The van der Waals surface area contributed by atoms with Crippen LogP contribution in [0.2, 0.25) is 0 Å². The third-order valence-corrected chi connectivity index (χ3v) is 6.64. The average molecular weight is 549 g/mol. The molecule has 39 heavy (non-hydrogen) atoms. The molecule has 0 amide bonds. The molecule has 0 unspecified atom stereocenters. The van der Waals surface area contributed by atoms with Gasteiger partial charge in [0.05, 0.1) is 20.0 Å². The number of esters is 2. The summed E-state index contributed by atoms with van der Waals surface area (Å²) in [5.74, 6) is -0.727. The quantitative estimate of drug-likeness (QED) is 0.313. The lowest BCUT2D eigenvalue weighted by Crippen LogP contribution is -2.60. The summed E-state index contributed by atoms with van der Waals surface area (Å²) in [6, 6.07) is 11.2. The lowest BCUT2D eigenvalue weighted by atomic mass is 9.96. The molecule has 4 rings (SSSR count). The van der Waals surface area contributed by atoms with E-state index in [4.69, 9.17) is 23.7 Å². The predicted octanol–water partition coefficient (Wildman–Crippen LogP) is 1.12. The minimum Gasteiger partial charge on any atom is -0.508 e. The number of methoxy groups -OCH3 is 2. The van der Waals surface area contributed by atoms with Gasteiger partial charge in [0.15, 0.2) is 6.29 Å². The molecule has 0 aliphatic carbocycles. The van der Waals surface area contributed by atoms with Gasteiger partial charge >= 0.3 is 11.9 Å². The zero-order chi connectivity index (χ0) is 28.1. The largest absolute Gasteiger partial charge is 0.508 e. The predicted molar refractivity (Wildman–Crippen MR) is 132 cm³/mol. The zero-order valence-corrected chi connectivity index (χ0v) is 21.5. The number of fused-ring (bicyclic) bond motifs is 1. The molecule has 1 saturated heterocycles. The highest BCUT2D eigenvalue weighted by molar-refractivity contribution is 5.77. The van der Waals surface area contributed by atoms with Crippen molar-refractivity contribution in [2.75, 3.05) is 20.8 Å². The normalized spacial score (nSPS) is 27.8. The van der Waals surface area contributed by atoms with Gasteiger partial charge in [0.1, 0.15) is 60.5 Å². The van der Waals surface area contributed by atoms with E-state index in [0.717, 1.165) is 5.56 Å². The molecule has 1 fully saturated rings.